The van der Waals surface area contributed by atoms with Crippen LogP contribution in [0.15, 0.2) is 54.6 Å². The van der Waals surface area contributed by atoms with Gasteiger partial charge >= 0.3 is 0 Å². The highest BCUT2D eigenvalue weighted by atomic mass is 16.5. The molecule has 2 aromatic rings. The molecular formula is C20H25NO2. The van der Waals surface area contributed by atoms with Crippen LogP contribution in [0.3, 0.4) is 0 Å². The van der Waals surface area contributed by atoms with Crippen LogP contribution in [0.25, 0.3) is 0 Å². The van der Waals surface area contributed by atoms with Crippen LogP contribution in [0.1, 0.15) is 30.4 Å². The lowest BCUT2D eigenvalue weighted by molar-refractivity contribution is -0.131. The molecule has 23 heavy (non-hydrogen) atoms. The van der Waals surface area contributed by atoms with Gasteiger partial charge < -0.3 is 9.64 Å². The van der Waals surface area contributed by atoms with E-state index in [1.54, 1.807) is 4.90 Å². The first-order valence-electron chi connectivity index (χ1n) is 8.11. The van der Waals surface area contributed by atoms with Gasteiger partial charge in [0, 0.05) is 7.05 Å². The molecule has 2 aromatic carbocycles. The zero-order valence-corrected chi connectivity index (χ0v) is 14.2. The van der Waals surface area contributed by atoms with Crippen molar-refractivity contribution >= 4 is 5.91 Å². The molecule has 0 fully saturated rings. The fourth-order valence-corrected chi connectivity index (χ4v) is 2.63. The van der Waals surface area contributed by atoms with E-state index in [4.69, 9.17) is 4.74 Å². The summed E-state index contributed by atoms with van der Waals surface area (Å²) in [7, 11) is 1.84. The molecule has 0 aliphatic heterocycles. The van der Waals surface area contributed by atoms with Gasteiger partial charge in [0.2, 0.25) is 5.91 Å². The average Bonchev–Trinajstić information content (AvgIpc) is 2.58. The molecule has 0 heterocycles. The summed E-state index contributed by atoms with van der Waals surface area (Å²) in [6, 6.07) is 17.9. The van der Waals surface area contributed by atoms with E-state index < -0.39 is 0 Å². The van der Waals surface area contributed by atoms with Crippen LogP contribution in [0.2, 0.25) is 0 Å². The second kappa shape index (κ2) is 8.37. The van der Waals surface area contributed by atoms with E-state index >= 15 is 0 Å². The van der Waals surface area contributed by atoms with E-state index in [1.165, 1.54) is 0 Å². The number of hydrogen-bond acceptors (Lipinski definition) is 2. The molecule has 0 spiro atoms. The number of carbonyl (C=O) groups excluding carboxylic acids is 1. The normalized spacial score (nSPS) is 11.8. The number of aryl methyl sites for hydroxylation is 1. The first-order valence-corrected chi connectivity index (χ1v) is 8.11. The van der Waals surface area contributed by atoms with E-state index in [1.807, 2.05) is 75.5 Å². The van der Waals surface area contributed by atoms with Gasteiger partial charge in [0.25, 0.3) is 0 Å². The summed E-state index contributed by atoms with van der Waals surface area (Å²) in [6.07, 6.45) is 0.797. The summed E-state index contributed by atoms with van der Waals surface area (Å²) in [5, 5.41) is 0. The van der Waals surface area contributed by atoms with Gasteiger partial charge in [-0.25, -0.2) is 0 Å². The van der Waals surface area contributed by atoms with Gasteiger partial charge in [0.15, 0.2) is 0 Å². The van der Waals surface area contributed by atoms with Crippen molar-refractivity contribution in [3.05, 3.63) is 65.7 Å². The number of ether oxygens (including phenoxy) is 1. The van der Waals surface area contributed by atoms with Crippen molar-refractivity contribution in [2.75, 3.05) is 20.2 Å². The van der Waals surface area contributed by atoms with E-state index in [9.17, 15) is 4.79 Å². The van der Waals surface area contributed by atoms with Gasteiger partial charge in [0.05, 0.1) is 12.5 Å². The topological polar surface area (TPSA) is 29.5 Å². The molecule has 0 saturated carbocycles. The number of hydrogen-bond donors (Lipinski definition) is 0. The number of benzene rings is 2. The molecule has 0 aliphatic carbocycles. The van der Waals surface area contributed by atoms with Gasteiger partial charge in [-0.15, -0.1) is 0 Å². The van der Waals surface area contributed by atoms with Crippen LogP contribution in [0.5, 0.6) is 5.75 Å². The van der Waals surface area contributed by atoms with Gasteiger partial charge in [-0.05, 0) is 30.5 Å². The Morgan fingerprint density at radius 1 is 1.09 bits per heavy atom. The SMILES string of the molecule is CCC(C(=O)N(C)CCOc1ccccc1C)c1ccccc1. The fraction of sp³-hybridized carbons (Fsp3) is 0.350. The molecule has 0 N–H and O–H groups in total. The second-order valence-electron chi connectivity index (χ2n) is 5.75. The average molecular weight is 311 g/mol. The summed E-state index contributed by atoms with van der Waals surface area (Å²) in [6.45, 7) is 5.15. The van der Waals surface area contributed by atoms with E-state index in [-0.39, 0.29) is 11.8 Å². The van der Waals surface area contributed by atoms with Crippen molar-refractivity contribution < 1.29 is 9.53 Å². The summed E-state index contributed by atoms with van der Waals surface area (Å²) < 4.78 is 5.78. The predicted octanol–water partition coefficient (Wildman–Crippen LogP) is 4.03. The standard InChI is InChI=1S/C20H25NO2/c1-4-18(17-11-6-5-7-12-17)20(22)21(3)14-15-23-19-13-9-8-10-16(19)2/h5-13,18H,4,14-15H2,1-3H3. The van der Waals surface area contributed by atoms with Crippen molar-refractivity contribution in [1.29, 1.82) is 0 Å². The molecule has 0 aromatic heterocycles. The summed E-state index contributed by atoms with van der Waals surface area (Å²) in [4.78, 5) is 14.4. The largest absolute Gasteiger partial charge is 0.491 e. The van der Waals surface area contributed by atoms with Crippen LogP contribution in [-0.4, -0.2) is 31.0 Å². The Morgan fingerprint density at radius 2 is 1.74 bits per heavy atom. The number of para-hydroxylation sites is 1. The predicted molar refractivity (Wildman–Crippen MR) is 93.8 cm³/mol. The Hall–Kier alpha value is -2.29. The fourth-order valence-electron chi connectivity index (χ4n) is 2.63. The molecule has 2 rings (SSSR count). The quantitative estimate of drug-likeness (QED) is 0.773. The Balaban J connectivity index is 1.90. The molecule has 3 heteroatoms. The van der Waals surface area contributed by atoms with Crippen LogP contribution in [0.4, 0.5) is 0 Å². The number of carbonyl (C=O) groups is 1. The van der Waals surface area contributed by atoms with Crippen LogP contribution in [-0.2, 0) is 4.79 Å². The number of amides is 1. The summed E-state index contributed by atoms with van der Waals surface area (Å²) >= 11 is 0. The van der Waals surface area contributed by atoms with Gasteiger partial charge in [-0.1, -0.05) is 55.5 Å². The molecule has 1 unspecified atom stereocenters. The number of likely N-dealkylation sites (N-methyl/N-ethyl adjacent to an activating group) is 1. The van der Waals surface area contributed by atoms with Crippen molar-refractivity contribution in [2.24, 2.45) is 0 Å². The maximum atomic E-state index is 12.7. The van der Waals surface area contributed by atoms with Gasteiger partial charge in [-0.2, -0.15) is 0 Å². The zero-order valence-electron chi connectivity index (χ0n) is 14.2. The van der Waals surface area contributed by atoms with Gasteiger partial charge in [-0.3, -0.25) is 4.79 Å². The van der Waals surface area contributed by atoms with Crippen molar-refractivity contribution in [3.8, 4) is 5.75 Å². The van der Waals surface area contributed by atoms with E-state index in [0.29, 0.717) is 13.2 Å². The van der Waals surface area contributed by atoms with Crippen LogP contribution >= 0.6 is 0 Å². The Bertz CT molecular complexity index is 625. The zero-order chi connectivity index (χ0) is 16.7. The third-order valence-electron chi connectivity index (χ3n) is 4.06. The van der Waals surface area contributed by atoms with Crippen molar-refractivity contribution in [3.63, 3.8) is 0 Å². The lowest BCUT2D eigenvalue weighted by atomic mass is 9.95. The highest BCUT2D eigenvalue weighted by molar-refractivity contribution is 5.83. The summed E-state index contributed by atoms with van der Waals surface area (Å²) in [5.41, 5.74) is 2.18. The minimum atomic E-state index is -0.0836. The smallest absolute Gasteiger partial charge is 0.229 e. The minimum Gasteiger partial charge on any atom is -0.491 e. The lowest BCUT2D eigenvalue weighted by Crippen LogP contribution is -2.34. The third-order valence-corrected chi connectivity index (χ3v) is 4.06. The molecule has 3 nitrogen and oxygen atoms in total. The first-order chi connectivity index (χ1) is 11.1. The molecular weight excluding hydrogens is 286 g/mol. The van der Waals surface area contributed by atoms with E-state index in [2.05, 4.69) is 0 Å². The monoisotopic (exact) mass is 311 g/mol. The molecule has 0 saturated heterocycles. The first kappa shape index (κ1) is 17.1. The maximum absolute atomic E-state index is 12.7. The maximum Gasteiger partial charge on any atom is 0.229 e. The van der Waals surface area contributed by atoms with Gasteiger partial charge in [0.1, 0.15) is 12.4 Å². The van der Waals surface area contributed by atoms with E-state index in [0.717, 1.165) is 23.3 Å². The second-order valence-corrected chi connectivity index (χ2v) is 5.75. The minimum absolute atomic E-state index is 0.0836. The summed E-state index contributed by atoms with van der Waals surface area (Å²) in [5.74, 6) is 0.940. The van der Waals surface area contributed by atoms with Crippen LogP contribution in [0, 0.1) is 6.92 Å². The van der Waals surface area contributed by atoms with Crippen LogP contribution < -0.4 is 4.74 Å². The number of rotatable bonds is 7. The molecule has 1 atom stereocenters. The molecule has 0 radical (unpaired) electrons. The highest BCUT2D eigenvalue weighted by Crippen LogP contribution is 2.21. The Labute approximate surface area is 138 Å². The Kier molecular flexibility index (Phi) is 6.21. The Morgan fingerprint density at radius 3 is 2.39 bits per heavy atom. The van der Waals surface area contributed by atoms with Crippen molar-refractivity contribution in [2.45, 2.75) is 26.2 Å². The molecule has 0 aliphatic rings. The number of nitrogens with zero attached hydrogens (tertiary/aromatic N) is 1. The highest BCUT2D eigenvalue weighted by Gasteiger charge is 2.21. The molecule has 0 bridgehead atoms. The lowest BCUT2D eigenvalue weighted by Gasteiger charge is -2.23. The molecule has 122 valence electrons. The molecule has 1 amide bonds. The van der Waals surface area contributed by atoms with Crippen molar-refractivity contribution in [1.82, 2.24) is 4.90 Å². The third kappa shape index (κ3) is 4.59.